The monoisotopic (exact) mass is 320 g/mol. The summed E-state index contributed by atoms with van der Waals surface area (Å²) >= 11 is 0. The summed E-state index contributed by atoms with van der Waals surface area (Å²) in [5, 5.41) is 13.9. The minimum atomic E-state index is -1.10. The fourth-order valence-electron chi connectivity index (χ4n) is 3.10. The van der Waals surface area contributed by atoms with Crippen LogP contribution in [0.3, 0.4) is 0 Å². The molecule has 7 heteroatoms. The van der Waals surface area contributed by atoms with Gasteiger partial charge in [0, 0.05) is 5.56 Å². The van der Waals surface area contributed by atoms with Gasteiger partial charge in [0.05, 0.1) is 12.0 Å². The molecule has 0 aliphatic heterocycles. The number of amides is 1. The molecule has 0 saturated heterocycles. The molecule has 0 spiro atoms. The smallest absolute Gasteiger partial charge is 0.331 e. The van der Waals surface area contributed by atoms with Gasteiger partial charge in [-0.2, -0.15) is 0 Å². The number of nitrogens with zero attached hydrogens (tertiary/aromatic N) is 1. The van der Waals surface area contributed by atoms with Crippen LogP contribution in [0.4, 0.5) is 5.69 Å². The summed E-state index contributed by atoms with van der Waals surface area (Å²) in [5.74, 6) is -1.12. The molecule has 124 valence electrons. The van der Waals surface area contributed by atoms with Gasteiger partial charge in [-0.25, -0.2) is 4.79 Å². The van der Waals surface area contributed by atoms with Crippen LogP contribution < -0.4 is 5.32 Å². The van der Waals surface area contributed by atoms with Crippen LogP contribution in [0.2, 0.25) is 0 Å². The van der Waals surface area contributed by atoms with Crippen molar-refractivity contribution in [2.24, 2.45) is 0 Å². The first kappa shape index (κ1) is 16.9. The summed E-state index contributed by atoms with van der Waals surface area (Å²) in [6.07, 6.45) is 3.53. The lowest BCUT2D eigenvalue weighted by atomic mass is 9.81. The number of nitro groups is 1. The van der Waals surface area contributed by atoms with Crippen LogP contribution in [0.15, 0.2) is 18.2 Å². The van der Waals surface area contributed by atoms with Crippen molar-refractivity contribution in [3.05, 3.63) is 39.4 Å². The molecule has 0 heterocycles. The zero-order chi connectivity index (χ0) is 17.0. The van der Waals surface area contributed by atoms with Crippen LogP contribution in [0.1, 0.15) is 48.0 Å². The number of para-hydroxylation sites is 1. The van der Waals surface area contributed by atoms with Crippen molar-refractivity contribution in [1.29, 1.82) is 0 Å². The maximum atomic E-state index is 12.6. The summed E-state index contributed by atoms with van der Waals surface area (Å²) in [7, 11) is 1.28. The van der Waals surface area contributed by atoms with Crippen molar-refractivity contribution < 1.29 is 19.2 Å². The van der Waals surface area contributed by atoms with E-state index in [0.29, 0.717) is 18.4 Å². The summed E-state index contributed by atoms with van der Waals surface area (Å²) < 4.78 is 4.84. The third-order valence-electron chi connectivity index (χ3n) is 4.30. The summed E-state index contributed by atoms with van der Waals surface area (Å²) in [6, 6.07) is 4.56. The summed E-state index contributed by atoms with van der Waals surface area (Å²) in [5.41, 5.74) is -0.968. The number of hydrogen-bond donors (Lipinski definition) is 1. The molecule has 0 radical (unpaired) electrons. The Hall–Kier alpha value is -2.44. The fraction of sp³-hybridized carbons (Fsp3) is 0.500. The van der Waals surface area contributed by atoms with Crippen molar-refractivity contribution in [3.63, 3.8) is 0 Å². The number of nitrogens with one attached hydrogen (secondary N) is 1. The van der Waals surface area contributed by atoms with Gasteiger partial charge in [-0.3, -0.25) is 14.9 Å². The molecule has 1 aliphatic carbocycles. The van der Waals surface area contributed by atoms with E-state index in [4.69, 9.17) is 4.74 Å². The van der Waals surface area contributed by atoms with Gasteiger partial charge in [0.15, 0.2) is 0 Å². The van der Waals surface area contributed by atoms with Crippen molar-refractivity contribution in [2.45, 2.75) is 44.6 Å². The molecule has 1 aliphatic rings. The van der Waals surface area contributed by atoms with E-state index in [0.717, 1.165) is 19.3 Å². The molecule has 0 atom stereocenters. The zero-order valence-corrected chi connectivity index (χ0v) is 13.3. The minimum Gasteiger partial charge on any atom is -0.467 e. The van der Waals surface area contributed by atoms with E-state index in [2.05, 4.69) is 5.32 Å². The Labute approximate surface area is 134 Å². The Morgan fingerprint density at radius 2 is 1.91 bits per heavy atom. The van der Waals surface area contributed by atoms with Gasteiger partial charge in [0.25, 0.3) is 11.6 Å². The van der Waals surface area contributed by atoms with Gasteiger partial charge in [0.2, 0.25) is 0 Å². The van der Waals surface area contributed by atoms with Gasteiger partial charge in [-0.1, -0.05) is 31.4 Å². The highest BCUT2D eigenvalue weighted by molar-refractivity contribution is 6.01. The van der Waals surface area contributed by atoms with Gasteiger partial charge >= 0.3 is 5.97 Å². The van der Waals surface area contributed by atoms with Gasteiger partial charge in [0.1, 0.15) is 11.1 Å². The van der Waals surface area contributed by atoms with E-state index in [1.807, 2.05) is 0 Å². The number of benzene rings is 1. The van der Waals surface area contributed by atoms with E-state index in [1.54, 1.807) is 19.1 Å². The molecular formula is C16H20N2O5. The molecule has 1 N–H and O–H groups in total. The highest BCUT2D eigenvalue weighted by Crippen LogP contribution is 2.31. The fourth-order valence-corrected chi connectivity index (χ4v) is 3.10. The average Bonchev–Trinajstić information content (AvgIpc) is 2.54. The SMILES string of the molecule is COC(=O)C1(NC(=O)c2cccc(C)c2[N+](=O)[O-])CCCCC1. The minimum absolute atomic E-state index is 0.0381. The number of hydrogen-bond acceptors (Lipinski definition) is 5. The molecule has 1 amide bonds. The number of aryl methyl sites for hydroxylation is 1. The zero-order valence-electron chi connectivity index (χ0n) is 13.3. The molecule has 2 rings (SSSR count). The Balaban J connectivity index is 2.35. The highest BCUT2D eigenvalue weighted by atomic mass is 16.6. The number of carbonyl (C=O) groups is 2. The Morgan fingerprint density at radius 3 is 2.48 bits per heavy atom. The first-order valence-corrected chi connectivity index (χ1v) is 7.56. The second kappa shape index (κ2) is 6.76. The predicted molar refractivity (Wildman–Crippen MR) is 83.1 cm³/mol. The van der Waals surface area contributed by atoms with E-state index in [1.165, 1.54) is 13.2 Å². The lowest BCUT2D eigenvalue weighted by Crippen LogP contribution is -2.56. The number of nitro benzene ring substituents is 1. The number of esters is 1. The Morgan fingerprint density at radius 1 is 1.26 bits per heavy atom. The van der Waals surface area contributed by atoms with Crippen molar-refractivity contribution in [2.75, 3.05) is 7.11 Å². The standard InChI is InChI=1S/C16H20N2O5/c1-11-7-6-8-12(13(11)18(21)22)14(19)17-16(15(20)23-2)9-4-3-5-10-16/h6-8H,3-5,9-10H2,1-2H3,(H,17,19). The van der Waals surface area contributed by atoms with E-state index in [9.17, 15) is 19.7 Å². The normalized spacial score (nSPS) is 16.4. The highest BCUT2D eigenvalue weighted by Gasteiger charge is 2.42. The first-order valence-electron chi connectivity index (χ1n) is 7.56. The summed E-state index contributed by atoms with van der Waals surface area (Å²) in [6.45, 7) is 1.57. The van der Waals surface area contributed by atoms with E-state index in [-0.39, 0.29) is 11.3 Å². The third kappa shape index (κ3) is 3.33. The Kier molecular flexibility index (Phi) is 4.98. The lowest BCUT2D eigenvalue weighted by Gasteiger charge is -2.35. The van der Waals surface area contributed by atoms with Crippen LogP contribution in [0, 0.1) is 17.0 Å². The third-order valence-corrected chi connectivity index (χ3v) is 4.30. The second-order valence-electron chi connectivity index (χ2n) is 5.82. The molecule has 0 unspecified atom stereocenters. The van der Waals surface area contributed by atoms with E-state index < -0.39 is 22.3 Å². The second-order valence-corrected chi connectivity index (χ2v) is 5.82. The molecule has 1 saturated carbocycles. The van der Waals surface area contributed by atoms with Crippen molar-refractivity contribution >= 4 is 17.6 Å². The first-order chi connectivity index (χ1) is 10.9. The molecule has 0 aromatic heterocycles. The van der Waals surface area contributed by atoms with E-state index >= 15 is 0 Å². The van der Waals surface area contributed by atoms with Crippen LogP contribution >= 0.6 is 0 Å². The van der Waals surface area contributed by atoms with Crippen molar-refractivity contribution in [3.8, 4) is 0 Å². The maximum absolute atomic E-state index is 12.6. The topological polar surface area (TPSA) is 98.5 Å². The average molecular weight is 320 g/mol. The van der Waals surface area contributed by atoms with Crippen LogP contribution in [0.5, 0.6) is 0 Å². The maximum Gasteiger partial charge on any atom is 0.331 e. The van der Waals surface area contributed by atoms with Crippen LogP contribution in [-0.2, 0) is 9.53 Å². The predicted octanol–water partition coefficient (Wildman–Crippen LogP) is 2.51. The molecular weight excluding hydrogens is 300 g/mol. The molecule has 23 heavy (non-hydrogen) atoms. The van der Waals surface area contributed by atoms with Crippen LogP contribution in [0.25, 0.3) is 0 Å². The molecule has 7 nitrogen and oxygen atoms in total. The number of rotatable bonds is 4. The number of ether oxygens (including phenoxy) is 1. The van der Waals surface area contributed by atoms with Gasteiger partial charge in [-0.15, -0.1) is 0 Å². The number of methoxy groups -OCH3 is 1. The Bertz CT molecular complexity index is 635. The molecule has 1 fully saturated rings. The van der Waals surface area contributed by atoms with Gasteiger partial charge in [-0.05, 0) is 25.8 Å². The van der Waals surface area contributed by atoms with Crippen LogP contribution in [-0.4, -0.2) is 29.4 Å². The van der Waals surface area contributed by atoms with Crippen molar-refractivity contribution in [1.82, 2.24) is 5.32 Å². The number of carbonyl (C=O) groups excluding carboxylic acids is 2. The quantitative estimate of drug-likeness (QED) is 0.522. The largest absolute Gasteiger partial charge is 0.467 e. The summed E-state index contributed by atoms with van der Waals surface area (Å²) in [4.78, 5) is 35.4. The molecule has 1 aromatic rings. The van der Waals surface area contributed by atoms with Gasteiger partial charge < -0.3 is 10.1 Å². The molecule has 0 bridgehead atoms. The molecule has 1 aromatic carbocycles. The lowest BCUT2D eigenvalue weighted by molar-refractivity contribution is -0.385.